The summed E-state index contributed by atoms with van der Waals surface area (Å²) in [6, 6.07) is 0. The Morgan fingerprint density at radius 2 is 2.44 bits per heavy atom. The highest BCUT2D eigenvalue weighted by Crippen LogP contribution is 2.39. The molecule has 90 valence electrons. The number of hydrogen-bond acceptors (Lipinski definition) is 6. The molecule has 16 heavy (non-hydrogen) atoms. The van der Waals surface area contributed by atoms with Gasteiger partial charge in [-0.2, -0.15) is 16.1 Å². The van der Waals surface area contributed by atoms with E-state index in [9.17, 15) is 0 Å². The molecule has 0 spiro atoms. The van der Waals surface area contributed by atoms with Crippen molar-refractivity contribution in [3.8, 4) is 0 Å². The highest BCUT2D eigenvalue weighted by atomic mass is 32.2. The third kappa shape index (κ3) is 2.43. The van der Waals surface area contributed by atoms with E-state index in [0.717, 1.165) is 23.2 Å². The van der Waals surface area contributed by atoms with Gasteiger partial charge in [-0.3, -0.25) is 0 Å². The molecule has 6 heteroatoms. The van der Waals surface area contributed by atoms with Crippen LogP contribution in [0.2, 0.25) is 0 Å². The van der Waals surface area contributed by atoms with E-state index in [1.165, 1.54) is 17.2 Å². The molecule has 0 aromatic carbocycles. The predicted molar refractivity (Wildman–Crippen MR) is 77.1 cm³/mol. The van der Waals surface area contributed by atoms with Gasteiger partial charge in [-0.05, 0) is 24.2 Å². The van der Waals surface area contributed by atoms with Crippen molar-refractivity contribution in [1.82, 2.24) is 4.37 Å². The molecular weight excluding hydrogens is 258 g/mol. The number of hydrogen-bond donors (Lipinski definition) is 1. The van der Waals surface area contributed by atoms with E-state index in [1.807, 2.05) is 0 Å². The summed E-state index contributed by atoms with van der Waals surface area (Å²) >= 11 is 5.33. The van der Waals surface area contributed by atoms with Crippen molar-refractivity contribution >= 4 is 45.9 Å². The van der Waals surface area contributed by atoms with Gasteiger partial charge in [0, 0.05) is 24.1 Å². The van der Waals surface area contributed by atoms with E-state index < -0.39 is 0 Å². The molecule has 2 rings (SSSR count). The van der Waals surface area contributed by atoms with Crippen molar-refractivity contribution in [1.29, 1.82) is 0 Å². The van der Waals surface area contributed by atoms with Crippen molar-refractivity contribution in [2.45, 2.75) is 23.5 Å². The Balaban J connectivity index is 2.16. The Labute approximate surface area is 109 Å². The van der Waals surface area contributed by atoms with Crippen LogP contribution in [0.25, 0.3) is 0 Å². The molecule has 1 aromatic rings. The lowest BCUT2D eigenvalue weighted by molar-refractivity contribution is 0.729. The average molecular weight is 275 g/mol. The number of nitrogens with two attached hydrogens (primary N) is 1. The third-order valence-electron chi connectivity index (χ3n) is 2.74. The Hall–Kier alpha value is -0.0700. The minimum absolute atomic E-state index is 0.693. The summed E-state index contributed by atoms with van der Waals surface area (Å²) in [6.07, 6.45) is 3.31. The number of aromatic nitrogens is 1. The van der Waals surface area contributed by atoms with Crippen LogP contribution in [0.1, 0.15) is 13.3 Å². The fraction of sp³-hybridized carbons (Fsp3) is 0.700. The summed E-state index contributed by atoms with van der Waals surface area (Å²) in [5, 5.41) is 2.02. The average Bonchev–Trinajstić information content (AvgIpc) is 2.70. The van der Waals surface area contributed by atoms with Crippen LogP contribution < -0.4 is 10.6 Å². The van der Waals surface area contributed by atoms with Crippen molar-refractivity contribution in [3.63, 3.8) is 0 Å². The standard InChI is InChI=1S/C10H17N3S3/c1-3-7-6-13(4-5-15-7)10-8(14-2)9(11)12-16-10/h7H,3-6H2,1-2H3,(H2,11,12). The van der Waals surface area contributed by atoms with Crippen LogP contribution in [-0.2, 0) is 0 Å². The van der Waals surface area contributed by atoms with Crippen LogP contribution in [0.5, 0.6) is 0 Å². The maximum Gasteiger partial charge on any atom is 0.153 e. The van der Waals surface area contributed by atoms with Crippen LogP contribution in [0.4, 0.5) is 10.8 Å². The monoisotopic (exact) mass is 275 g/mol. The zero-order valence-corrected chi connectivity index (χ0v) is 12.1. The summed E-state index contributed by atoms with van der Waals surface area (Å²) in [4.78, 5) is 3.61. The van der Waals surface area contributed by atoms with Gasteiger partial charge in [0.15, 0.2) is 5.82 Å². The van der Waals surface area contributed by atoms with E-state index in [-0.39, 0.29) is 0 Å². The van der Waals surface area contributed by atoms with Gasteiger partial charge < -0.3 is 10.6 Å². The van der Waals surface area contributed by atoms with Crippen LogP contribution >= 0.6 is 35.1 Å². The zero-order valence-electron chi connectivity index (χ0n) is 9.60. The summed E-state index contributed by atoms with van der Waals surface area (Å²) < 4.78 is 4.26. The fourth-order valence-electron chi connectivity index (χ4n) is 1.83. The van der Waals surface area contributed by atoms with Crippen LogP contribution in [0.3, 0.4) is 0 Å². The number of nitrogens with zero attached hydrogens (tertiary/aromatic N) is 2. The molecule has 0 amide bonds. The molecule has 1 aliphatic heterocycles. The van der Waals surface area contributed by atoms with E-state index in [4.69, 9.17) is 5.73 Å². The minimum atomic E-state index is 0.693. The smallest absolute Gasteiger partial charge is 0.153 e. The number of anilines is 2. The van der Waals surface area contributed by atoms with Gasteiger partial charge in [0.05, 0.1) is 4.90 Å². The van der Waals surface area contributed by atoms with Gasteiger partial charge >= 0.3 is 0 Å². The number of thioether (sulfide) groups is 2. The first-order valence-corrected chi connectivity index (χ1v) is 8.46. The molecule has 0 bridgehead atoms. The Bertz CT molecular complexity index is 353. The second-order valence-electron chi connectivity index (χ2n) is 3.75. The Morgan fingerprint density at radius 3 is 3.12 bits per heavy atom. The lowest BCUT2D eigenvalue weighted by atomic mass is 10.3. The molecule has 1 saturated heterocycles. The molecule has 1 fully saturated rings. The van der Waals surface area contributed by atoms with E-state index in [0.29, 0.717) is 5.82 Å². The summed E-state index contributed by atoms with van der Waals surface area (Å²) in [6.45, 7) is 4.52. The summed E-state index contributed by atoms with van der Waals surface area (Å²) in [7, 11) is 0. The zero-order chi connectivity index (χ0) is 11.5. The first kappa shape index (κ1) is 12.4. The number of rotatable bonds is 3. The molecule has 3 nitrogen and oxygen atoms in total. The van der Waals surface area contributed by atoms with Crippen LogP contribution in [-0.4, -0.2) is 34.7 Å². The van der Waals surface area contributed by atoms with Gasteiger partial charge in [0.1, 0.15) is 5.00 Å². The lowest BCUT2D eigenvalue weighted by Crippen LogP contribution is -2.37. The maximum atomic E-state index is 5.87. The molecule has 1 unspecified atom stereocenters. The second kappa shape index (κ2) is 5.51. The van der Waals surface area contributed by atoms with Gasteiger partial charge in [-0.1, -0.05) is 6.92 Å². The predicted octanol–water partition coefficient (Wildman–Crippen LogP) is 2.78. The molecular formula is C10H17N3S3. The molecule has 1 atom stereocenters. The van der Waals surface area contributed by atoms with Gasteiger partial charge in [-0.25, -0.2) is 0 Å². The van der Waals surface area contributed by atoms with Crippen molar-refractivity contribution in [3.05, 3.63) is 0 Å². The third-order valence-corrected chi connectivity index (χ3v) is 5.98. The first-order chi connectivity index (χ1) is 7.76. The highest BCUT2D eigenvalue weighted by Gasteiger charge is 2.23. The largest absolute Gasteiger partial charge is 0.382 e. The highest BCUT2D eigenvalue weighted by molar-refractivity contribution is 8.00. The summed E-state index contributed by atoms with van der Waals surface area (Å²) in [5.41, 5.74) is 5.87. The summed E-state index contributed by atoms with van der Waals surface area (Å²) in [5.74, 6) is 1.91. The fourth-order valence-corrected chi connectivity index (χ4v) is 4.73. The van der Waals surface area contributed by atoms with E-state index >= 15 is 0 Å². The van der Waals surface area contributed by atoms with Crippen LogP contribution in [0.15, 0.2) is 4.90 Å². The molecule has 0 radical (unpaired) electrons. The normalized spacial score (nSPS) is 21.4. The van der Waals surface area contributed by atoms with E-state index in [1.54, 1.807) is 23.3 Å². The van der Waals surface area contributed by atoms with E-state index in [2.05, 4.69) is 34.2 Å². The van der Waals surface area contributed by atoms with Crippen molar-refractivity contribution in [2.75, 3.05) is 35.7 Å². The van der Waals surface area contributed by atoms with Crippen molar-refractivity contribution < 1.29 is 0 Å². The lowest BCUT2D eigenvalue weighted by Gasteiger charge is -2.32. The molecule has 1 aliphatic rings. The van der Waals surface area contributed by atoms with Gasteiger partial charge in [0.25, 0.3) is 0 Å². The van der Waals surface area contributed by atoms with Gasteiger partial charge in [0.2, 0.25) is 0 Å². The Kier molecular flexibility index (Phi) is 4.27. The topological polar surface area (TPSA) is 42.2 Å². The number of nitrogen functional groups attached to an aromatic ring is 1. The SMILES string of the molecule is CCC1CN(c2snc(N)c2SC)CCS1. The van der Waals surface area contributed by atoms with Crippen LogP contribution in [0, 0.1) is 0 Å². The first-order valence-electron chi connectivity index (χ1n) is 5.42. The molecule has 1 aromatic heterocycles. The molecule has 2 N–H and O–H groups in total. The molecule has 0 saturated carbocycles. The molecule has 0 aliphatic carbocycles. The van der Waals surface area contributed by atoms with Crippen molar-refractivity contribution in [2.24, 2.45) is 0 Å². The minimum Gasteiger partial charge on any atom is -0.382 e. The van der Waals surface area contributed by atoms with Gasteiger partial charge in [-0.15, -0.1) is 11.8 Å². The second-order valence-corrected chi connectivity index (χ2v) is 6.73. The molecule has 2 heterocycles. The maximum absolute atomic E-state index is 5.87. The Morgan fingerprint density at radius 1 is 1.62 bits per heavy atom. The quantitative estimate of drug-likeness (QED) is 0.859.